The van der Waals surface area contributed by atoms with Crippen LogP contribution in [0.15, 0.2) is 18.2 Å². The summed E-state index contributed by atoms with van der Waals surface area (Å²) in [6.45, 7) is 0.116. The van der Waals surface area contributed by atoms with Crippen LogP contribution in [0.1, 0.15) is 5.56 Å². The van der Waals surface area contributed by atoms with Gasteiger partial charge in [-0.2, -0.15) is 0 Å². The summed E-state index contributed by atoms with van der Waals surface area (Å²) < 4.78 is 10.4. The summed E-state index contributed by atoms with van der Waals surface area (Å²) in [6, 6.07) is 5.41. The molecule has 0 radical (unpaired) electrons. The first-order valence-electron chi connectivity index (χ1n) is 4.26. The van der Waals surface area contributed by atoms with E-state index in [2.05, 4.69) is 0 Å². The maximum Gasteiger partial charge on any atom is 0.231 e. The van der Waals surface area contributed by atoms with Gasteiger partial charge in [0.2, 0.25) is 13.3 Å². The van der Waals surface area contributed by atoms with E-state index in [0.717, 1.165) is 5.56 Å². The molecule has 5 heteroatoms. The molecule has 1 aliphatic rings. The van der Waals surface area contributed by atoms with Gasteiger partial charge in [-0.25, -0.2) is 0 Å². The molecule has 0 saturated heterocycles. The van der Waals surface area contributed by atoms with E-state index in [1.165, 1.54) is 0 Å². The number of para-hydroxylation sites is 1. The van der Waals surface area contributed by atoms with Gasteiger partial charge in [0.1, 0.15) is 0 Å². The van der Waals surface area contributed by atoms with Crippen molar-refractivity contribution in [3.63, 3.8) is 0 Å². The predicted octanol–water partition coefficient (Wildman–Crippen LogP) is 1.23. The number of fused-ring (bicyclic) bond motifs is 1. The van der Waals surface area contributed by atoms with Crippen molar-refractivity contribution in [2.75, 3.05) is 13.3 Å². The fraction of sp³-hybridized carbons (Fsp3) is 0.333. The van der Waals surface area contributed by atoms with E-state index < -0.39 is 0 Å². The highest BCUT2D eigenvalue weighted by Crippen LogP contribution is 2.35. The van der Waals surface area contributed by atoms with Crippen LogP contribution in [0.3, 0.4) is 0 Å². The van der Waals surface area contributed by atoms with Gasteiger partial charge in [-0.1, -0.05) is 12.1 Å². The van der Waals surface area contributed by atoms with Crippen molar-refractivity contribution in [1.82, 2.24) is 0 Å². The van der Waals surface area contributed by atoms with Crippen LogP contribution in [-0.2, 0) is 6.42 Å². The monoisotopic (exact) mass is 195 g/mol. The van der Waals surface area contributed by atoms with Crippen LogP contribution >= 0.6 is 0 Å². The van der Waals surface area contributed by atoms with Gasteiger partial charge >= 0.3 is 0 Å². The molecule has 74 valence electrons. The number of rotatable bonds is 3. The Morgan fingerprint density at radius 3 is 3.07 bits per heavy atom. The van der Waals surface area contributed by atoms with Crippen molar-refractivity contribution in [3.05, 3.63) is 33.9 Å². The van der Waals surface area contributed by atoms with Crippen LogP contribution in [-0.4, -0.2) is 18.3 Å². The molecule has 0 saturated carbocycles. The third kappa shape index (κ3) is 1.61. The Kier molecular flexibility index (Phi) is 2.22. The number of nitrogens with zero attached hydrogens (tertiary/aromatic N) is 1. The highest BCUT2D eigenvalue weighted by Gasteiger charge is 2.17. The zero-order valence-corrected chi connectivity index (χ0v) is 7.43. The zero-order valence-electron chi connectivity index (χ0n) is 7.43. The molecule has 1 aromatic carbocycles. The second kappa shape index (κ2) is 3.53. The molecule has 0 spiro atoms. The van der Waals surface area contributed by atoms with Crippen molar-refractivity contribution in [1.29, 1.82) is 0 Å². The summed E-state index contributed by atoms with van der Waals surface area (Å²) in [4.78, 5) is 9.87. The molecule has 1 heterocycles. The summed E-state index contributed by atoms with van der Waals surface area (Å²) in [5.74, 6) is 1.32. The lowest BCUT2D eigenvalue weighted by atomic mass is 10.1. The van der Waals surface area contributed by atoms with Gasteiger partial charge in [-0.05, 0) is 6.07 Å². The number of hydrogen-bond acceptors (Lipinski definition) is 4. The van der Waals surface area contributed by atoms with Gasteiger partial charge in [-0.15, -0.1) is 0 Å². The normalized spacial score (nSPS) is 12.9. The fourth-order valence-corrected chi connectivity index (χ4v) is 1.40. The maximum atomic E-state index is 10.2. The Balaban J connectivity index is 2.17. The van der Waals surface area contributed by atoms with Crippen LogP contribution in [0.4, 0.5) is 0 Å². The molecule has 0 aliphatic carbocycles. The lowest BCUT2D eigenvalue weighted by Gasteiger charge is -2.02. The quantitative estimate of drug-likeness (QED) is 0.537. The van der Waals surface area contributed by atoms with E-state index in [1.54, 1.807) is 6.07 Å². The molecule has 0 amide bonds. The summed E-state index contributed by atoms with van der Waals surface area (Å²) in [5, 5.41) is 10.2. The summed E-state index contributed by atoms with van der Waals surface area (Å²) in [6.07, 6.45) is 0.375. The average Bonchev–Trinajstić information content (AvgIpc) is 2.62. The number of nitro groups is 1. The highest BCUT2D eigenvalue weighted by molar-refractivity contribution is 5.48. The summed E-state index contributed by atoms with van der Waals surface area (Å²) >= 11 is 0. The molecule has 0 bridgehead atoms. The van der Waals surface area contributed by atoms with Crippen molar-refractivity contribution in [2.45, 2.75) is 6.42 Å². The minimum atomic E-state index is -0.338. The molecule has 0 atom stereocenters. The summed E-state index contributed by atoms with van der Waals surface area (Å²) in [7, 11) is 0. The predicted molar refractivity (Wildman–Crippen MR) is 48.1 cm³/mol. The fourth-order valence-electron chi connectivity index (χ4n) is 1.40. The molecule has 2 rings (SSSR count). The number of hydrogen-bond donors (Lipinski definition) is 0. The van der Waals surface area contributed by atoms with Crippen molar-refractivity contribution in [3.8, 4) is 11.5 Å². The SMILES string of the molecule is O=[N+]([O-])CCc1cccc2c1OCO2. The molecule has 0 fully saturated rings. The van der Waals surface area contributed by atoms with Gasteiger partial charge in [0.15, 0.2) is 11.5 Å². The van der Waals surface area contributed by atoms with Crippen LogP contribution in [0.2, 0.25) is 0 Å². The molecular weight excluding hydrogens is 186 g/mol. The number of ether oxygens (including phenoxy) is 2. The first-order valence-corrected chi connectivity index (χ1v) is 4.26. The zero-order chi connectivity index (χ0) is 9.97. The molecule has 5 nitrogen and oxygen atoms in total. The minimum absolute atomic E-state index is 0.0835. The smallest absolute Gasteiger partial charge is 0.231 e. The highest BCUT2D eigenvalue weighted by atomic mass is 16.7. The van der Waals surface area contributed by atoms with E-state index in [-0.39, 0.29) is 18.3 Å². The van der Waals surface area contributed by atoms with Crippen molar-refractivity contribution < 1.29 is 14.4 Å². The molecule has 0 unspecified atom stereocenters. The van der Waals surface area contributed by atoms with Gasteiger partial charge in [-0.3, -0.25) is 10.1 Å². The molecule has 1 aliphatic heterocycles. The first kappa shape index (κ1) is 8.80. The van der Waals surface area contributed by atoms with Gasteiger partial charge < -0.3 is 9.47 Å². The Labute approximate surface area is 80.4 Å². The molecule has 0 aromatic heterocycles. The van der Waals surface area contributed by atoms with Crippen LogP contribution in [0.5, 0.6) is 11.5 Å². The van der Waals surface area contributed by atoms with Crippen LogP contribution in [0.25, 0.3) is 0 Å². The largest absolute Gasteiger partial charge is 0.454 e. The van der Waals surface area contributed by atoms with Crippen LogP contribution < -0.4 is 9.47 Å². The van der Waals surface area contributed by atoms with E-state index >= 15 is 0 Å². The van der Waals surface area contributed by atoms with Gasteiger partial charge in [0.25, 0.3) is 0 Å². The Bertz CT molecular complexity index is 364. The van der Waals surface area contributed by atoms with Gasteiger partial charge in [0.05, 0.1) is 0 Å². The average molecular weight is 195 g/mol. The second-order valence-corrected chi connectivity index (χ2v) is 2.96. The maximum absolute atomic E-state index is 10.2. The molecular formula is C9H9NO4. The third-order valence-corrected chi connectivity index (χ3v) is 2.04. The van der Waals surface area contributed by atoms with E-state index in [9.17, 15) is 10.1 Å². The molecule has 14 heavy (non-hydrogen) atoms. The molecule has 0 N–H and O–H groups in total. The number of benzene rings is 1. The Morgan fingerprint density at radius 2 is 2.29 bits per heavy atom. The minimum Gasteiger partial charge on any atom is -0.454 e. The Hall–Kier alpha value is -1.78. The van der Waals surface area contributed by atoms with E-state index in [4.69, 9.17) is 9.47 Å². The molecule has 1 aromatic rings. The van der Waals surface area contributed by atoms with Crippen molar-refractivity contribution in [2.24, 2.45) is 0 Å². The Morgan fingerprint density at radius 1 is 1.43 bits per heavy atom. The lowest BCUT2D eigenvalue weighted by molar-refractivity contribution is -0.479. The standard InChI is InChI=1S/C9H9NO4/c11-10(12)5-4-7-2-1-3-8-9(7)14-6-13-8/h1-3H,4-6H2. The summed E-state index contributed by atoms with van der Waals surface area (Å²) in [5.41, 5.74) is 0.830. The van der Waals surface area contributed by atoms with E-state index in [0.29, 0.717) is 17.9 Å². The lowest BCUT2D eigenvalue weighted by Crippen LogP contribution is -2.04. The van der Waals surface area contributed by atoms with Crippen LogP contribution in [0, 0.1) is 10.1 Å². The second-order valence-electron chi connectivity index (χ2n) is 2.96. The first-order chi connectivity index (χ1) is 6.77. The third-order valence-electron chi connectivity index (χ3n) is 2.04. The van der Waals surface area contributed by atoms with Gasteiger partial charge in [0, 0.05) is 16.9 Å². The van der Waals surface area contributed by atoms with Crippen molar-refractivity contribution >= 4 is 0 Å². The topological polar surface area (TPSA) is 61.6 Å². The van der Waals surface area contributed by atoms with E-state index in [1.807, 2.05) is 12.1 Å².